The number of rotatable bonds is 6. The van der Waals surface area contributed by atoms with E-state index in [0.717, 1.165) is 11.8 Å². The highest BCUT2D eigenvalue weighted by Crippen LogP contribution is 2.44. The first-order valence-corrected chi connectivity index (χ1v) is 5.33. The fraction of sp³-hybridized carbons (Fsp3) is 1.00. The van der Waals surface area contributed by atoms with Gasteiger partial charge in [0.15, 0.2) is 0 Å². The minimum Gasteiger partial charge on any atom is -0.394 e. The van der Waals surface area contributed by atoms with Gasteiger partial charge in [-0.2, -0.15) is 0 Å². The van der Waals surface area contributed by atoms with Gasteiger partial charge >= 0.3 is 0 Å². The summed E-state index contributed by atoms with van der Waals surface area (Å²) in [5.41, 5.74) is 0. The summed E-state index contributed by atoms with van der Waals surface area (Å²) >= 11 is 0. The Hall–Kier alpha value is -0.120. The Bertz CT molecular complexity index is 154. The van der Waals surface area contributed by atoms with E-state index in [1.807, 2.05) is 0 Å². The summed E-state index contributed by atoms with van der Waals surface area (Å²) in [6.45, 7) is 0.420. The first kappa shape index (κ1) is 9.44. The van der Waals surface area contributed by atoms with E-state index in [4.69, 9.17) is 5.11 Å². The average molecular weight is 185 g/mol. The van der Waals surface area contributed by atoms with Gasteiger partial charge in [-0.05, 0) is 37.5 Å². The van der Waals surface area contributed by atoms with Crippen LogP contribution in [0.5, 0.6) is 0 Å². The van der Waals surface area contributed by atoms with Gasteiger partial charge in [-0.1, -0.05) is 0 Å². The molecule has 0 aromatic carbocycles. The zero-order valence-electron chi connectivity index (χ0n) is 7.95. The molecule has 13 heavy (non-hydrogen) atoms. The van der Waals surface area contributed by atoms with Crippen molar-refractivity contribution in [2.75, 3.05) is 13.2 Å². The molecule has 0 saturated heterocycles. The summed E-state index contributed by atoms with van der Waals surface area (Å²) in [5, 5.41) is 21.2. The van der Waals surface area contributed by atoms with Crippen LogP contribution in [0.4, 0.5) is 0 Å². The van der Waals surface area contributed by atoms with Crippen LogP contribution in [-0.4, -0.2) is 35.5 Å². The van der Waals surface area contributed by atoms with Crippen LogP contribution < -0.4 is 5.32 Å². The number of nitrogens with one attached hydrogen (secondary N) is 1. The van der Waals surface area contributed by atoms with E-state index in [-0.39, 0.29) is 6.61 Å². The van der Waals surface area contributed by atoms with Crippen LogP contribution in [0.2, 0.25) is 0 Å². The second kappa shape index (κ2) is 3.95. The molecule has 0 radical (unpaired) electrons. The van der Waals surface area contributed by atoms with Crippen LogP contribution in [0, 0.1) is 11.8 Å². The maximum Gasteiger partial charge on any atom is 0.0895 e. The normalized spacial score (nSPS) is 25.2. The molecule has 1 atom stereocenters. The second-order valence-electron chi connectivity index (χ2n) is 4.45. The zero-order valence-corrected chi connectivity index (χ0v) is 7.95. The van der Waals surface area contributed by atoms with E-state index >= 15 is 0 Å². The molecule has 3 heteroatoms. The highest BCUT2D eigenvalue weighted by Gasteiger charge is 2.41. The van der Waals surface area contributed by atoms with E-state index in [0.29, 0.717) is 12.6 Å². The van der Waals surface area contributed by atoms with Gasteiger partial charge in [0.05, 0.1) is 12.7 Å². The molecule has 3 N–H and O–H groups in total. The molecule has 0 aromatic rings. The molecular formula is C10H19NO2. The van der Waals surface area contributed by atoms with Crippen LogP contribution in [-0.2, 0) is 0 Å². The van der Waals surface area contributed by atoms with Gasteiger partial charge in [0, 0.05) is 12.6 Å². The van der Waals surface area contributed by atoms with Crippen molar-refractivity contribution in [3.8, 4) is 0 Å². The summed E-state index contributed by atoms with van der Waals surface area (Å²) in [4.78, 5) is 0. The van der Waals surface area contributed by atoms with Gasteiger partial charge < -0.3 is 15.5 Å². The molecule has 0 aromatic heterocycles. The lowest BCUT2D eigenvalue weighted by molar-refractivity contribution is 0.0902. The number of aliphatic hydroxyl groups is 2. The molecule has 76 valence electrons. The molecule has 0 amide bonds. The molecule has 0 aliphatic heterocycles. The first-order chi connectivity index (χ1) is 6.31. The summed E-state index contributed by atoms with van der Waals surface area (Å²) in [5.74, 6) is 1.72. The Morgan fingerprint density at radius 1 is 1.15 bits per heavy atom. The van der Waals surface area contributed by atoms with E-state index in [2.05, 4.69) is 5.32 Å². The molecular weight excluding hydrogens is 166 g/mol. The fourth-order valence-corrected chi connectivity index (χ4v) is 1.97. The van der Waals surface area contributed by atoms with Crippen LogP contribution >= 0.6 is 0 Å². The Balaban J connectivity index is 1.70. The SMILES string of the molecule is OC[C@@H](O)CNC(C1CC1)C1CC1. The maximum absolute atomic E-state index is 9.20. The molecule has 2 fully saturated rings. The maximum atomic E-state index is 9.20. The van der Waals surface area contributed by atoms with E-state index in [1.54, 1.807) is 0 Å². The van der Waals surface area contributed by atoms with Crippen molar-refractivity contribution in [3.63, 3.8) is 0 Å². The highest BCUT2D eigenvalue weighted by atomic mass is 16.3. The third kappa shape index (κ3) is 2.66. The highest BCUT2D eigenvalue weighted by molar-refractivity contribution is 4.96. The predicted octanol–water partition coefficient (Wildman–Crippen LogP) is 0.118. The summed E-state index contributed by atoms with van der Waals surface area (Å²) in [7, 11) is 0. The van der Waals surface area contributed by atoms with Gasteiger partial charge in [0.2, 0.25) is 0 Å². The molecule has 0 spiro atoms. The molecule has 0 heterocycles. The van der Waals surface area contributed by atoms with Crippen LogP contribution in [0.3, 0.4) is 0 Å². The largest absolute Gasteiger partial charge is 0.394 e. The molecule has 3 nitrogen and oxygen atoms in total. The molecule has 2 rings (SSSR count). The number of hydrogen-bond donors (Lipinski definition) is 3. The molecule has 2 aliphatic carbocycles. The Labute approximate surface area is 79.2 Å². The number of hydrogen-bond acceptors (Lipinski definition) is 3. The van der Waals surface area contributed by atoms with Crippen LogP contribution in [0.1, 0.15) is 25.7 Å². The minimum absolute atomic E-state index is 0.130. The van der Waals surface area contributed by atoms with Gasteiger partial charge in [-0.3, -0.25) is 0 Å². The topological polar surface area (TPSA) is 52.5 Å². The van der Waals surface area contributed by atoms with Gasteiger partial charge in [-0.15, -0.1) is 0 Å². The first-order valence-electron chi connectivity index (χ1n) is 5.33. The predicted molar refractivity (Wildman–Crippen MR) is 50.3 cm³/mol. The lowest BCUT2D eigenvalue weighted by atomic mass is 10.1. The molecule has 2 saturated carbocycles. The van der Waals surface area contributed by atoms with E-state index in [1.165, 1.54) is 25.7 Å². The van der Waals surface area contributed by atoms with Crippen molar-refractivity contribution >= 4 is 0 Å². The van der Waals surface area contributed by atoms with Gasteiger partial charge in [-0.25, -0.2) is 0 Å². The summed E-state index contributed by atoms with van der Waals surface area (Å²) in [6, 6.07) is 0.626. The third-order valence-corrected chi connectivity index (χ3v) is 3.06. The summed E-state index contributed by atoms with van der Waals surface area (Å²) < 4.78 is 0. The standard InChI is InChI=1S/C10H19NO2/c12-6-9(13)5-11-10(7-1-2-7)8-3-4-8/h7-13H,1-6H2/t9-/m0/s1. The van der Waals surface area contributed by atoms with Gasteiger partial charge in [0.1, 0.15) is 0 Å². The van der Waals surface area contributed by atoms with Crippen molar-refractivity contribution in [1.29, 1.82) is 0 Å². The smallest absolute Gasteiger partial charge is 0.0895 e. The second-order valence-corrected chi connectivity index (χ2v) is 4.45. The Kier molecular flexibility index (Phi) is 2.86. The fourth-order valence-electron chi connectivity index (χ4n) is 1.97. The summed E-state index contributed by atoms with van der Waals surface area (Å²) in [6.07, 6.45) is 4.82. The minimum atomic E-state index is -0.583. The van der Waals surface area contributed by atoms with Crippen molar-refractivity contribution in [1.82, 2.24) is 5.32 Å². The third-order valence-electron chi connectivity index (χ3n) is 3.06. The Morgan fingerprint density at radius 3 is 2.08 bits per heavy atom. The van der Waals surface area contributed by atoms with Crippen molar-refractivity contribution in [2.24, 2.45) is 11.8 Å². The van der Waals surface area contributed by atoms with Crippen LogP contribution in [0.25, 0.3) is 0 Å². The molecule has 0 unspecified atom stereocenters. The lowest BCUT2D eigenvalue weighted by Crippen LogP contribution is -2.39. The molecule has 2 aliphatic rings. The van der Waals surface area contributed by atoms with Crippen LogP contribution in [0.15, 0.2) is 0 Å². The van der Waals surface area contributed by atoms with E-state index in [9.17, 15) is 5.11 Å². The zero-order chi connectivity index (χ0) is 9.26. The van der Waals surface area contributed by atoms with Crippen molar-refractivity contribution < 1.29 is 10.2 Å². The monoisotopic (exact) mass is 185 g/mol. The van der Waals surface area contributed by atoms with Gasteiger partial charge in [0.25, 0.3) is 0 Å². The van der Waals surface area contributed by atoms with Crippen molar-refractivity contribution in [2.45, 2.75) is 37.8 Å². The Morgan fingerprint density at radius 2 is 1.69 bits per heavy atom. The van der Waals surface area contributed by atoms with Crippen molar-refractivity contribution in [3.05, 3.63) is 0 Å². The lowest BCUT2D eigenvalue weighted by Gasteiger charge is -2.19. The number of aliphatic hydroxyl groups excluding tert-OH is 2. The molecule has 0 bridgehead atoms. The quantitative estimate of drug-likeness (QED) is 0.551. The average Bonchev–Trinajstić information content (AvgIpc) is 2.98. The van der Waals surface area contributed by atoms with E-state index < -0.39 is 6.10 Å².